The molecule has 2 aromatic carbocycles. The van der Waals surface area contributed by atoms with Gasteiger partial charge in [-0.2, -0.15) is 0 Å². The molecule has 2 rings (SSSR count). The summed E-state index contributed by atoms with van der Waals surface area (Å²) in [4.78, 5) is 0. The number of halogens is 1. The molecule has 3 nitrogen and oxygen atoms in total. The van der Waals surface area contributed by atoms with Crippen molar-refractivity contribution in [1.29, 1.82) is 0 Å². The van der Waals surface area contributed by atoms with Crippen LogP contribution in [0.2, 0.25) is 0 Å². The van der Waals surface area contributed by atoms with Crippen LogP contribution in [-0.2, 0) is 4.74 Å². The van der Waals surface area contributed by atoms with E-state index >= 15 is 0 Å². The quantitative estimate of drug-likeness (QED) is 0.757. The van der Waals surface area contributed by atoms with Gasteiger partial charge in [-0.15, -0.1) is 0 Å². The van der Waals surface area contributed by atoms with E-state index < -0.39 is 0 Å². The van der Waals surface area contributed by atoms with Crippen LogP contribution in [-0.4, -0.2) is 13.9 Å². The Morgan fingerprint density at radius 1 is 1.00 bits per heavy atom. The van der Waals surface area contributed by atoms with Crippen LogP contribution >= 0.6 is 15.9 Å². The lowest BCUT2D eigenvalue weighted by Gasteiger charge is -2.12. The molecule has 0 aliphatic heterocycles. The lowest BCUT2D eigenvalue weighted by Crippen LogP contribution is -2.00. The second-order valence-electron chi connectivity index (χ2n) is 4.06. The van der Waals surface area contributed by atoms with Crippen LogP contribution in [0.3, 0.4) is 0 Å². The molecule has 0 N–H and O–H groups in total. The van der Waals surface area contributed by atoms with E-state index in [4.69, 9.17) is 14.2 Å². The molecule has 2 aromatic rings. The van der Waals surface area contributed by atoms with Gasteiger partial charge in [0.25, 0.3) is 0 Å². The fourth-order valence-corrected chi connectivity index (χ4v) is 1.88. The summed E-state index contributed by atoms with van der Waals surface area (Å²) < 4.78 is 17.1. The molecule has 0 saturated heterocycles. The molecule has 0 fully saturated rings. The van der Waals surface area contributed by atoms with Gasteiger partial charge in [0, 0.05) is 11.6 Å². The molecule has 100 valence electrons. The summed E-state index contributed by atoms with van der Waals surface area (Å²) in [6.07, 6.45) is 0. The van der Waals surface area contributed by atoms with Crippen molar-refractivity contribution in [2.45, 2.75) is 6.92 Å². The molecule has 0 spiro atoms. The minimum absolute atomic E-state index is 0.186. The van der Waals surface area contributed by atoms with E-state index in [0.717, 1.165) is 10.2 Å². The average Bonchev–Trinajstić information content (AvgIpc) is 2.40. The van der Waals surface area contributed by atoms with E-state index in [1.54, 1.807) is 7.11 Å². The Kier molecular flexibility index (Phi) is 4.82. The average molecular weight is 323 g/mol. The van der Waals surface area contributed by atoms with Crippen LogP contribution in [0.1, 0.15) is 5.56 Å². The highest BCUT2D eigenvalue weighted by atomic mass is 79.9. The minimum atomic E-state index is 0.186. The highest BCUT2D eigenvalue weighted by Crippen LogP contribution is 2.34. The third kappa shape index (κ3) is 3.98. The van der Waals surface area contributed by atoms with Crippen molar-refractivity contribution in [3.63, 3.8) is 0 Å². The first kappa shape index (κ1) is 13.9. The van der Waals surface area contributed by atoms with Crippen molar-refractivity contribution in [2.75, 3.05) is 13.9 Å². The number of methoxy groups -OCH3 is 1. The Morgan fingerprint density at radius 3 is 2.42 bits per heavy atom. The second kappa shape index (κ2) is 6.59. The third-order valence-corrected chi connectivity index (χ3v) is 2.98. The van der Waals surface area contributed by atoms with Crippen LogP contribution in [0, 0.1) is 6.92 Å². The van der Waals surface area contributed by atoms with E-state index in [1.165, 1.54) is 5.56 Å². The molecule has 0 aromatic heterocycles. The third-order valence-electron chi connectivity index (χ3n) is 2.49. The molecular formula is C15H15BrO3. The number of rotatable bonds is 5. The highest BCUT2D eigenvalue weighted by molar-refractivity contribution is 9.10. The van der Waals surface area contributed by atoms with Crippen molar-refractivity contribution in [1.82, 2.24) is 0 Å². The largest absolute Gasteiger partial charge is 0.464 e. The molecule has 0 aliphatic carbocycles. The molecule has 0 saturated carbocycles. The summed E-state index contributed by atoms with van der Waals surface area (Å²) in [5, 5.41) is 0. The van der Waals surface area contributed by atoms with Crippen LogP contribution in [0.5, 0.6) is 17.2 Å². The van der Waals surface area contributed by atoms with Gasteiger partial charge in [-0.05, 0) is 37.3 Å². The second-order valence-corrected chi connectivity index (χ2v) is 4.97. The lowest BCUT2D eigenvalue weighted by molar-refractivity contribution is 0.0495. The zero-order valence-corrected chi connectivity index (χ0v) is 12.4. The van der Waals surface area contributed by atoms with E-state index in [2.05, 4.69) is 15.9 Å². The van der Waals surface area contributed by atoms with Crippen LogP contribution < -0.4 is 9.47 Å². The number of benzene rings is 2. The molecule has 0 heterocycles. The molecule has 0 amide bonds. The van der Waals surface area contributed by atoms with Gasteiger partial charge in [0.2, 0.25) is 0 Å². The van der Waals surface area contributed by atoms with Gasteiger partial charge >= 0.3 is 0 Å². The van der Waals surface area contributed by atoms with Gasteiger partial charge < -0.3 is 14.2 Å². The van der Waals surface area contributed by atoms with E-state index in [0.29, 0.717) is 11.5 Å². The molecule has 19 heavy (non-hydrogen) atoms. The Morgan fingerprint density at radius 2 is 1.74 bits per heavy atom. The van der Waals surface area contributed by atoms with Gasteiger partial charge in [-0.3, -0.25) is 0 Å². The fourth-order valence-electron chi connectivity index (χ4n) is 1.54. The SMILES string of the molecule is COCOc1ccc(Br)cc1Oc1ccc(C)cc1. The Balaban J connectivity index is 2.22. The molecule has 4 heteroatoms. The summed E-state index contributed by atoms with van der Waals surface area (Å²) in [7, 11) is 1.58. The number of hydrogen-bond donors (Lipinski definition) is 0. The summed E-state index contributed by atoms with van der Waals surface area (Å²) in [5.74, 6) is 2.06. The molecule has 0 unspecified atom stereocenters. The first-order valence-corrected chi connectivity index (χ1v) is 6.64. The fraction of sp³-hybridized carbons (Fsp3) is 0.200. The van der Waals surface area contributed by atoms with Crippen molar-refractivity contribution in [3.8, 4) is 17.2 Å². The predicted octanol–water partition coefficient (Wildman–Crippen LogP) is 4.53. The molecule has 0 atom stereocenters. The first-order valence-electron chi connectivity index (χ1n) is 5.85. The first-order chi connectivity index (χ1) is 9.19. The van der Waals surface area contributed by atoms with E-state index in [9.17, 15) is 0 Å². The monoisotopic (exact) mass is 322 g/mol. The van der Waals surface area contributed by atoms with E-state index in [1.807, 2.05) is 49.4 Å². The van der Waals surface area contributed by atoms with Gasteiger partial charge in [-0.1, -0.05) is 33.6 Å². The van der Waals surface area contributed by atoms with Crippen LogP contribution in [0.25, 0.3) is 0 Å². The smallest absolute Gasteiger partial charge is 0.188 e. The van der Waals surface area contributed by atoms with Gasteiger partial charge in [0.05, 0.1) is 0 Å². The molecule has 0 bridgehead atoms. The minimum Gasteiger partial charge on any atom is -0.464 e. The summed E-state index contributed by atoms with van der Waals surface area (Å²) >= 11 is 3.42. The predicted molar refractivity (Wildman–Crippen MR) is 77.9 cm³/mol. The maximum atomic E-state index is 5.83. The Hall–Kier alpha value is -1.52. The van der Waals surface area contributed by atoms with Crippen molar-refractivity contribution in [2.24, 2.45) is 0 Å². The van der Waals surface area contributed by atoms with Gasteiger partial charge in [-0.25, -0.2) is 0 Å². The summed E-state index contributed by atoms with van der Waals surface area (Å²) in [5.41, 5.74) is 1.19. The van der Waals surface area contributed by atoms with Gasteiger partial charge in [0.15, 0.2) is 18.3 Å². The van der Waals surface area contributed by atoms with Gasteiger partial charge in [0.1, 0.15) is 5.75 Å². The molecule has 0 aliphatic rings. The lowest BCUT2D eigenvalue weighted by atomic mass is 10.2. The van der Waals surface area contributed by atoms with Crippen LogP contribution in [0.15, 0.2) is 46.9 Å². The Bertz CT molecular complexity index is 538. The molecule has 0 radical (unpaired) electrons. The summed E-state index contributed by atoms with van der Waals surface area (Å²) in [6, 6.07) is 13.5. The maximum absolute atomic E-state index is 5.83. The standard InChI is InChI=1S/C15H15BrO3/c1-11-3-6-13(7-4-11)19-15-9-12(16)5-8-14(15)18-10-17-2/h3-9H,10H2,1-2H3. The topological polar surface area (TPSA) is 27.7 Å². The van der Waals surface area contributed by atoms with Crippen molar-refractivity contribution < 1.29 is 14.2 Å². The Labute approximate surface area is 121 Å². The number of aryl methyl sites for hydroxylation is 1. The molecular weight excluding hydrogens is 308 g/mol. The normalized spacial score (nSPS) is 10.3. The number of ether oxygens (including phenoxy) is 3. The van der Waals surface area contributed by atoms with Crippen molar-refractivity contribution >= 4 is 15.9 Å². The van der Waals surface area contributed by atoms with Crippen molar-refractivity contribution in [3.05, 3.63) is 52.5 Å². The van der Waals surface area contributed by atoms with E-state index in [-0.39, 0.29) is 6.79 Å². The van der Waals surface area contributed by atoms with Crippen LogP contribution in [0.4, 0.5) is 0 Å². The summed E-state index contributed by atoms with van der Waals surface area (Å²) in [6.45, 7) is 2.22. The zero-order chi connectivity index (χ0) is 13.7. The highest BCUT2D eigenvalue weighted by Gasteiger charge is 2.07. The zero-order valence-electron chi connectivity index (χ0n) is 10.9. The maximum Gasteiger partial charge on any atom is 0.188 e. The number of hydrogen-bond acceptors (Lipinski definition) is 3.